The molecule has 0 atom stereocenters. The summed E-state index contributed by atoms with van der Waals surface area (Å²) in [5.74, 6) is 0. The van der Waals surface area contributed by atoms with Crippen LogP contribution in [0.5, 0.6) is 0 Å². The standard InChI is InChI=1S/C11H13N3/c1-9-4-5-10(7-12)11(6-9)13-8-14(2)3/h4-6,8H,1-3H3/b13-8+. The summed E-state index contributed by atoms with van der Waals surface area (Å²) in [5.41, 5.74) is 2.44. The predicted molar refractivity (Wildman–Crippen MR) is 57.7 cm³/mol. The number of benzene rings is 1. The summed E-state index contributed by atoms with van der Waals surface area (Å²) in [6, 6.07) is 7.71. The minimum absolute atomic E-state index is 0.605. The molecule has 1 aromatic carbocycles. The van der Waals surface area contributed by atoms with Gasteiger partial charge in [0.05, 0.1) is 17.6 Å². The Kier molecular flexibility index (Phi) is 3.24. The van der Waals surface area contributed by atoms with Crippen LogP contribution in [0.4, 0.5) is 5.69 Å². The van der Waals surface area contributed by atoms with Crippen LogP contribution < -0.4 is 0 Å². The van der Waals surface area contributed by atoms with Crippen LogP contribution in [0.15, 0.2) is 23.2 Å². The minimum Gasteiger partial charge on any atom is -0.369 e. The normalized spacial score (nSPS) is 10.1. The third-order valence-corrected chi connectivity index (χ3v) is 1.70. The molecule has 3 nitrogen and oxygen atoms in total. The van der Waals surface area contributed by atoms with Gasteiger partial charge in [-0.15, -0.1) is 0 Å². The largest absolute Gasteiger partial charge is 0.369 e. The maximum absolute atomic E-state index is 8.84. The lowest BCUT2D eigenvalue weighted by molar-refractivity contribution is 0.643. The highest BCUT2D eigenvalue weighted by atomic mass is 15.1. The molecule has 0 aliphatic heterocycles. The molecule has 0 saturated carbocycles. The third-order valence-electron chi connectivity index (χ3n) is 1.70. The fourth-order valence-corrected chi connectivity index (χ4v) is 1.02. The highest BCUT2D eigenvalue weighted by molar-refractivity contribution is 5.65. The molecule has 0 unspecified atom stereocenters. The van der Waals surface area contributed by atoms with Gasteiger partial charge < -0.3 is 4.90 Å². The van der Waals surface area contributed by atoms with Crippen molar-refractivity contribution < 1.29 is 0 Å². The molecule has 0 aliphatic rings. The lowest BCUT2D eigenvalue weighted by Crippen LogP contribution is -2.07. The zero-order valence-corrected chi connectivity index (χ0v) is 8.65. The molecule has 1 rings (SSSR count). The van der Waals surface area contributed by atoms with Gasteiger partial charge in [0.15, 0.2) is 0 Å². The molecule has 72 valence electrons. The summed E-state index contributed by atoms with van der Waals surface area (Å²) in [6.45, 7) is 1.98. The van der Waals surface area contributed by atoms with Crippen LogP contribution in [0.1, 0.15) is 11.1 Å². The molecule has 0 N–H and O–H groups in total. The Morgan fingerprint density at radius 1 is 1.43 bits per heavy atom. The Hall–Kier alpha value is -1.82. The molecular weight excluding hydrogens is 174 g/mol. The Labute approximate surface area is 84.3 Å². The van der Waals surface area contributed by atoms with E-state index in [4.69, 9.17) is 5.26 Å². The maximum atomic E-state index is 8.84. The Morgan fingerprint density at radius 3 is 2.71 bits per heavy atom. The van der Waals surface area contributed by atoms with Crippen molar-refractivity contribution >= 4 is 12.0 Å². The lowest BCUT2D eigenvalue weighted by Gasteiger charge is -2.03. The number of aryl methyl sites for hydroxylation is 1. The molecule has 1 aromatic rings. The monoisotopic (exact) mass is 187 g/mol. The summed E-state index contributed by atoms with van der Waals surface area (Å²) in [7, 11) is 3.79. The highest BCUT2D eigenvalue weighted by Gasteiger charge is 1.99. The predicted octanol–water partition coefficient (Wildman–Crippen LogP) is 2.09. The van der Waals surface area contributed by atoms with Crippen molar-refractivity contribution in [2.75, 3.05) is 14.1 Å². The first kappa shape index (κ1) is 10.3. The number of nitrogens with zero attached hydrogens (tertiary/aromatic N) is 3. The van der Waals surface area contributed by atoms with E-state index in [-0.39, 0.29) is 0 Å². The smallest absolute Gasteiger partial charge is 0.101 e. The van der Waals surface area contributed by atoms with Gasteiger partial charge in [0.1, 0.15) is 6.07 Å². The van der Waals surface area contributed by atoms with Crippen LogP contribution in [0.3, 0.4) is 0 Å². The fourth-order valence-electron chi connectivity index (χ4n) is 1.02. The zero-order valence-electron chi connectivity index (χ0n) is 8.65. The van der Waals surface area contributed by atoms with Gasteiger partial charge in [0, 0.05) is 14.1 Å². The van der Waals surface area contributed by atoms with Crippen LogP contribution in [0, 0.1) is 18.3 Å². The molecule has 0 saturated heterocycles. The average molecular weight is 187 g/mol. The van der Waals surface area contributed by atoms with Crippen LogP contribution in [0.2, 0.25) is 0 Å². The van der Waals surface area contributed by atoms with Gasteiger partial charge in [0.25, 0.3) is 0 Å². The van der Waals surface area contributed by atoms with E-state index in [1.54, 1.807) is 12.4 Å². The lowest BCUT2D eigenvalue weighted by atomic mass is 10.1. The van der Waals surface area contributed by atoms with E-state index < -0.39 is 0 Å². The average Bonchev–Trinajstić information content (AvgIpc) is 2.15. The van der Waals surface area contributed by atoms with Crippen molar-refractivity contribution in [3.63, 3.8) is 0 Å². The summed E-state index contributed by atoms with van der Waals surface area (Å²) < 4.78 is 0. The van der Waals surface area contributed by atoms with Crippen LogP contribution in [-0.4, -0.2) is 25.3 Å². The second-order valence-electron chi connectivity index (χ2n) is 3.34. The second kappa shape index (κ2) is 4.43. The molecular formula is C11H13N3. The highest BCUT2D eigenvalue weighted by Crippen LogP contribution is 2.19. The number of aliphatic imine (C=N–C) groups is 1. The topological polar surface area (TPSA) is 39.4 Å². The Morgan fingerprint density at radius 2 is 2.14 bits per heavy atom. The summed E-state index contributed by atoms with van der Waals surface area (Å²) in [6.07, 6.45) is 1.69. The zero-order chi connectivity index (χ0) is 10.6. The second-order valence-corrected chi connectivity index (χ2v) is 3.34. The van der Waals surface area contributed by atoms with Crippen molar-refractivity contribution in [2.45, 2.75) is 6.92 Å². The van der Waals surface area contributed by atoms with E-state index in [2.05, 4.69) is 11.1 Å². The van der Waals surface area contributed by atoms with E-state index >= 15 is 0 Å². The molecule has 0 aliphatic carbocycles. The van der Waals surface area contributed by atoms with Gasteiger partial charge >= 0.3 is 0 Å². The number of nitriles is 1. The summed E-state index contributed by atoms with van der Waals surface area (Å²) in [5, 5.41) is 8.84. The molecule has 3 heteroatoms. The van der Waals surface area contributed by atoms with Gasteiger partial charge in [-0.05, 0) is 24.6 Å². The third kappa shape index (κ3) is 2.60. The SMILES string of the molecule is Cc1ccc(C#N)c(/N=C/N(C)C)c1. The van der Waals surface area contributed by atoms with Gasteiger partial charge in [-0.3, -0.25) is 0 Å². The molecule has 0 radical (unpaired) electrons. The van der Waals surface area contributed by atoms with Gasteiger partial charge in [-0.1, -0.05) is 6.07 Å². The maximum Gasteiger partial charge on any atom is 0.101 e. The molecule has 0 heterocycles. The van der Waals surface area contributed by atoms with Crippen molar-refractivity contribution in [3.8, 4) is 6.07 Å². The minimum atomic E-state index is 0.605. The first-order valence-corrected chi connectivity index (χ1v) is 4.35. The molecule has 0 aromatic heterocycles. The van der Waals surface area contributed by atoms with Crippen molar-refractivity contribution in [1.82, 2.24) is 4.90 Å². The first-order chi connectivity index (χ1) is 6.63. The summed E-state index contributed by atoms with van der Waals surface area (Å²) in [4.78, 5) is 6.05. The summed E-state index contributed by atoms with van der Waals surface area (Å²) >= 11 is 0. The Bertz CT molecular complexity index is 386. The van der Waals surface area contributed by atoms with E-state index in [9.17, 15) is 0 Å². The fraction of sp³-hybridized carbons (Fsp3) is 0.273. The molecule has 14 heavy (non-hydrogen) atoms. The number of rotatable bonds is 2. The van der Waals surface area contributed by atoms with Gasteiger partial charge in [-0.2, -0.15) is 5.26 Å². The number of hydrogen-bond acceptors (Lipinski definition) is 2. The van der Waals surface area contributed by atoms with Gasteiger partial charge in [0.2, 0.25) is 0 Å². The van der Waals surface area contributed by atoms with E-state index in [1.807, 2.05) is 38.1 Å². The van der Waals surface area contributed by atoms with E-state index in [0.29, 0.717) is 5.56 Å². The van der Waals surface area contributed by atoms with Crippen LogP contribution >= 0.6 is 0 Å². The molecule has 0 spiro atoms. The quantitative estimate of drug-likeness (QED) is 0.525. The number of hydrogen-bond donors (Lipinski definition) is 0. The van der Waals surface area contributed by atoms with Crippen LogP contribution in [-0.2, 0) is 0 Å². The van der Waals surface area contributed by atoms with Crippen molar-refractivity contribution in [3.05, 3.63) is 29.3 Å². The molecule has 0 amide bonds. The van der Waals surface area contributed by atoms with Gasteiger partial charge in [-0.25, -0.2) is 4.99 Å². The van der Waals surface area contributed by atoms with Crippen LogP contribution in [0.25, 0.3) is 0 Å². The molecule has 0 fully saturated rings. The van der Waals surface area contributed by atoms with Crippen molar-refractivity contribution in [2.24, 2.45) is 4.99 Å². The van der Waals surface area contributed by atoms with E-state index in [0.717, 1.165) is 11.3 Å². The Balaban J connectivity index is 3.06. The van der Waals surface area contributed by atoms with E-state index in [1.165, 1.54) is 0 Å². The molecule has 0 bridgehead atoms. The van der Waals surface area contributed by atoms with Crippen molar-refractivity contribution in [1.29, 1.82) is 5.26 Å². The first-order valence-electron chi connectivity index (χ1n) is 4.35.